The lowest BCUT2D eigenvalue weighted by atomic mass is 10.3. The van der Waals surface area contributed by atoms with Crippen LogP contribution in [0.2, 0.25) is 0 Å². The van der Waals surface area contributed by atoms with Crippen molar-refractivity contribution < 1.29 is 19.1 Å². The molecule has 0 atom stereocenters. The predicted octanol–water partition coefficient (Wildman–Crippen LogP) is 2.03. The maximum absolute atomic E-state index is 11.7. The van der Waals surface area contributed by atoms with Crippen LogP contribution in [-0.4, -0.2) is 22.2 Å². The van der Waals surface area contributed by atoms with E-state index in [1.54, 1.807) is 18.2 Å². The van der Waals surface area contributed by atoms with Crippen LogP contribution in [0.3, 0.4) is 0 Å². The highest BCUT2D eigenvalue weighted by atomic mass is 16.5. The molecule has 0 radical (unpaired) electrons. The van der Waals surface area contributed by atoms with Gasteiger partial charge in [0.15, 0.2) is 5.58 Å². The first-order valence-corrected chi connectivity index (χ1v) is 5.98. The summed E-state index contributed by atoms with van der Waals surface area (Å²) in [7, 11) is 0. The first kappa shape index (κ1) is 13.2. The van der Waals surface area contributed by atoms with Crippen LogP contribution in [-0.2, 0) is 4.79 Å². The summed E-state index contributed by atoms with van der Waals surface area (Å²) in [5, 5.41) is 8.54. The first-order chi connectivity index (χ1) is 8.99. The Kier molecular flexibility index (Phi) is 3.59. The molecule has 1 aromatic heterocycles. The largest absolute Gasteiger partial charge is 0.493 e. The summed E-state index contributed by atoms with van der Waals surface area (Å²) in [5.74, 6) is -0.805. The van der Waals surface area contributed by atoms with Crippen LogP contribution in [0.4, 0.5) is 0 Å². The number of oxazole rings is 1. The molecular weight excluding hydrogens is 250 g/mol. The molecule has 0 amide bonds. The molecule has 19 heavy (non-hydrogen) atoms. The molecule has 0 aliphatic rings. The van der Waals surface area contributed by atoms with Gasteiger partial charge in [-0.15, -0.1) is 0 Å². The van der Waals surface area contributed by atoms with Crippen molar-refractivity contribution in [1.82, 2.24) is 4.57 Å². The molecule has 0 saturated heterocycles. The zero-order valence-corrected chi connectivity index (χ0v) is 10.8. The highest BCUT2D eigenvalue weighted by Gasteiger charge is 2.12. The Labute approximate surface area is 109 Å². The summed E-state index contributed by atoms with van der Waals surface area (Å²) in [6, 6.07) is 4.95. The molecule has 6 heteroatoms. The number of carboxylic acids is 1. The number of aromatic nitrogens is 1. The summed E-state index contributed by atoms with van der Waals surface area (Å²) in [5.41, 5.74) is 1.14. The molecule has 2 rings (SSSR count). The minimum absolute atomic E-state index is 0.0250. The van der Waals surface area contributed by atoms with Crippen molar-refractivity contribution in [2.24, 2.45) is 0 Å². The third kappa shape index (κ3) is 2.78. The standard InChI is InChI=1S/C13H15NO5/c1-8(2)14-10-7-9(18-6-5-12(15)16)3-4-11(10)19-13(14)17/h3-4,7-8H,5-6H2,1-2H3,(H,15,16). The lowest BCUT2D eigenvalue weighted by Crippen LogP contribution is -2.15. The van der Waals surface area contributed by atoms with E-state index in [-0.39, 0.29) is 19.1 Å². The normalized spacial score (nSPS) is 11.1. The zero-order chi connectivity index (χ0) is 14.0. The number of ether oxygens (including phenoxy) is 1. The number of hydrogen-bond acceptors (Lipinski definition) is 4. The van der Waals surface area contributed by atoms with Crippen LogP contribution in [0.15, 0.2) is 27.4 Å². The molecule has 102 valence electrons. The van der Waals surface area contributed by atoms with Gasteiger partial charge in [0.1, 0.15) is 5.75 Å². The minimum atomic E-state index is -0.913. The number of rotatable bonds is 5. The molecule has 1 aromatic carbocycles. The molecule has 0 bridgehead atoms. The minimum Gasteiger partial charge on any atom is -0.493 e. The van der Waals surface area contributed by atoms with Gasteiger partial charge in [-0.3, -0.25) is 9.36 Å². The highest BCUT2D eigenvalue weighted by Crippen LogP contribution is 2.22. The van der Waals surface area contributed by atoms with Crippen molar-refractivity contribution in [3.63, 3.8) is 0 Å². The zero-order valence-electron chi connectivity index (χ0n) is 10.8. The molecule has 0 fully saturated rings. The van der Waals surface area contributed by atoms with Gasteiger partial charge in [-0.05, 0) is 26.0 Å². The number of carbonyl (C=O) groups is 1. The second-order valence-corrected chi connectivity index (χ2v) is 4.45. The smallest absolute Gasteiger partial charge is 0.420 e. The number of fused-ring (bicyclic) bond motifs is 1. The van der Waals surface area contributed by atoms with Crippen molar-refractivity contribution in [2.75, 3.05) is 6.61 Å². The molecule has 1 heterocycles. The van der Waals surface area contributed by atoms with Crippen LogP contribution in [0.25, 0.3) is 11.1 Å². The van der Waals surface area contributed by atoms with E-state index in [2.05, 4.69) is 0 Å². The van der Waals surface area contributed by atoms with Crippen LogP contribution in [0.5, 0.6) is 5.75 Å². The molecule has 2 aromatic rings. The van der Waals surface area contributed by atoms with E-state index in [4.69, 9.17) is 14.3 Å². The number of carboxylic acid groups (broad SMARTS) is 1. The Morgan fingerprint density at radius 2 is 2.21 bits per heavy atom. The van der Waals surface area contributed by atoms with Gasteiger partial charge in [-0.1, -0.05) is 0 Å². The first-order valence-electron chi connectivity index (χ1n) is 5.98. The third-order valence-corrected chi connectivity index (χ3v) is 2.68. The number of nitrogens with zero attached hydrogens (tertiary/aromatic N) is 1. The van der Waals surface area contributed by atoms with Crippen molar-refractivity contribution >= 4 is 17.1 Å². The van der Waals surface area contributed by atoms with Gasteiger partial charge < -0.3 is 14.3 Å². The van der Waals surface area contributed by atoms with Gasteiger partial charge in [-0.2, -0.15) is 0 Å². The van der Waals surface area contributed by atoms with Gasteiger partial charge in [0.25, 0.3) is 0 Å². The average molecular weight is 265 g/mol. The summed E-state index contributed by atoms with van der Waals surface area (Å²) in [4.78, 5) is 22.1. The van der Waals surface area contributed by atoms with Crippen molar-refractivity contribution in [1.29, 1.82) is 0 Å². The number of hydrogen-bond donors (Lipinski definition) is 1. The van der Waals surface area contributed by atoms with E-state index < -0.39 is 11.7 Å². The third-order valence-electron chi connectivity index (χ3n) is 2.68. The summed E-state index contributed by atoms with van der Waals surface area (Å²) < 4.78 is 12.0. The summed E-state index contributed by atoms with van der Waals surface area (Å²) >= 11 is 0. The number of benzene rings is 1. The predicted molar refractivity (Wildman–Crippen MR) is 68.6 cm³/mol. The van der Waals surface area contributed by atoms with Crippen molar-refractivity contribution in [3.8, 4) is 5.75 Å². The van der Waals surface area contributed by atoms with Crippen LogP contribution >= 0.6 is 0 Å². The summed E-state index contributed by atoms with van der Waals surface area (Å²) in [6.45, 7) is 3.85. The van der Waals surface area contributed by atoms with Crippen LogP contribution in [0.1, 0.15) is 26.3 Å². The van der Waals surface area contributed by atoms with E-state index in [1.165, 1.54) is 4.57 Å². The fourth-order valence-corrected chi connectivity index (χ4v) is 1.85. The Bertz CT molecular complexity index is 653. The van der Waals surface area contributed by atoms with Gasteiger partial charge in [-0.25, -0.2) is 4.79 Å². The molecule has 0 saturated carbocycles. The lowest BCUT2D eigenvalue weighted by molar-refractivity contribution is -0.137. The second kappa shape index (κ2) is 5.17. The molecule has 6 nitrogen and oxygen atoms in total. The molecular formula is C13H15NO5. The Morgan fingerprint density at radius 3 is 2.84 bits per heavy atom. The van der Waals surface area contributed by atoms with E-state index in [1.807, 2.05) is 13.8 Å². The molecule has 0 unspecified atom stereocenters. The maximum atomic E-state index is 11.7. The van der Waals surface area contributed by atoms with Crippen molar-refractivity contribution in [3.05, 3.63) is 28.7 Å². The van der Waals surface area contributed by atoms with E-state index >= 15 is 0 Å². The average Bonchev–Trinajstić information content (AvgIpc) is 2.63. The fraction of sp³-hybridized carbons (Fsp3) is 0.385. The maximum Gasteiger partial charge on any atom is 0.420 e. The molecule has 0 aliphatic heterocycles. The van der Waals surface area contributed by atoms with Gasteiger partial charge in [0.2, 0.25) is 0 Å². The van der Waals surface area contributed by atoms with E-state index in [0.29, 0.717) is 16.8 Å². The molecule has 0 spiro atoms. The quantitative estimate of drug-likeness (QED) is 0.894. The van der Waals surface area contributed by atoms with Gasteiger partial charge in [0.05, 0.1) is 18.5 Å². The summed E-state index contributed by atoms with van der Waals surface area (Å²) in [6.07, 6.45) is -0.0690. The van der Waals surface area contributed by atoms with Crippen molar-refractivity contribution in [2.45, 2.75) is 26.3 Å². The topological polar surface area (TPSA) is 81.7 Å². The monoisotopic (exact) mass is 265 g/mol. The van der Waals surface area contributed by atoms with Crippen LogP contribution < -0.4 is 10.5 Å². The van der Waals surface area contributed by atoms with E-state index in [0.717, 1.165) is 0 Å². The Hall–Kier alpha value is -2.24. The van der Waals surface area contributed by atoms with Crippen LogP contribution in [0, 0.1) is 0 Å². The van der Waals surface area contributed by atoms with Gasteiger partial charge in [0, 0.05) is 12.1 Å². The lowest BCUT2D eigenvalue weighted by Gasteiger charge is -2.07. The van der Waals surface area contributed by atoms with Gasteiger partial charge >= 0.3 is 11.7 Å². The number of aliphatic carboxylic acids is 1. The Morgan fingerprint density at radius 1 is 1.47 bits per heavy atom. The highest BCUT2D eigenvalue weighted by molar-refractivity contribution is 5.75. The Balaban J connectivity index is 2.31. The molecule has 0 aliphatic carbocycles. The second-order valence-electron chi connectivity index (χ2n) is 4.45. The SMILES string of the molecule is CC(C)n1c(=O)oc2ccc(OCCC(=O)O)cc21. The fourth-order valence-electron chi connectivity index (χ4n) is 1.85. The van der Waals surface area contributed by atoms with E-state index in [9.17, 15) is 9.59 Å². The molecule has 1 N–H and O–H groups in total.